The van der Waals surface area contributed by atoms with Crippen molar-refractivity contribution in [3.05, 3.63) is 62.4 Å². The molecule has 0 atom stereocenters. The van der Waals surface area contributed by atoms with Crippen LogP contribution >= 0.6 is 0 Å². The van der Waals surface area contributed by atoms with Crippen LogP contribution < -0.4 is 16.4 Å². The molecule has 1 amide bonds. The van der Waals surface area contributed by atoms with Crippen LogP contribution in [0, 0.1) is 0 Å². The fourth-order valence-electron chi connectivity index (χ4n) is 2.45. The van der Waals surface area contributed by atoms with Gasteiger partial charge in [0.1, 0.15) is 0 Å². The highest BCUT2D eigenvalue weighted by atomic mass is 16.2. The van der Waals surface area contributed by atoms with Crippen LogP contribution in [0.5, 0.6) is 0 Å². The lowest BCUT2D eigenvalue weighted by molar-refractivity contribution is 0.0953. The van der Waals surface area contributed by atoms with E-state index in [1.165, 1.54) is 0 Å². The molecule has 24 heavy (non-hydrogen) atoms. The van der Waals surface area contributed by atoms with Gasteiger partial charge in [-0.3, -0.25) is 19.1 Å². The van der Waals surface area contributed by atoms with Gasteiger partial charge in [-0.15, -0.1) is 0 Å². The lowest BCUT2D eigenvalue weighted by Gasteiger charge is -2.06. The minimum Gasteiger partial charge on any atom is -0.352 e. The Kier molecular flexibility index (Phi) is 4.28. The van der Waals surface area contributed by atoms with Gasteiger partial charge < -0.3 is 15.3 Å². The summed E-state index contributed by atoms with van der Waals surface area (Å²) in [5.74, 6) is -0.227. The maximum atomic E-state index is 12.2. The maximum absolute atomic E-state index is 12.2. The fraction of sp³-hybridized carbons (Fsp3) is 0.250. The molecule has 0 spiro atoms. The molecule has 0 aliphatic carbocycles. The number of hydrogen-bond donors (Lipinski definition) is 3. The standard InChI is InChI=1S/C16H17N5O3/c1-21-9-10(8-18-21)3-2-6-17-14(22)11-4-5-12-13(7-11)20-16(24)15(23)19-12/h4-5,7-9H,2-3,6H2,1H3,(H,17,22)(H,19,23)(H,20,24). The summed E-state index contributed by atoms with van der Waals surface area (Å²) >= 11 is 0. The number of benzene rings is 1. The predicted molar refractivity (Wildman–Crippen MR) is 89.1 cm³/mol. The highest BCUT2D eigenvalue weighted by Gasteiger charge is 2.07. The van der Waals surface area contributed by atoms with E-state index in [2.05, 4.69) is 20.4 Å². The molecule has 0 unspecified atom stereocenters. The lowest BCUT2D eigenvalue weighted by Crippen LogP contribution is -2.29. The number of amides is 1. The van der Waals surface area contributed by atoms with Crippen LogP contribution in [0.3, 0.4) is 0 Å². The summed E-state index contributed by atoms with van der Waals surface area (Å²) in [7, 11) is 1.86. The topological polar surface area (TPSA) is 113 Å². The SMILES string of the molecule is Cn1cc(CCCNC(=O)c2ccc3[nH]c(=O)c(=O)[nH]c3c2)cn1. The van der Waals surface area contributed by atoms with Gasteiger partial charge in [0.15, 0.2) is 0 Å². The van der Waals surface area contributed by atoms with E-state index >= 15 is 0 Å². The first-order valence-electron chi connectivity index (χ1n) is 7.55. The summed E-state index contributed by atoms with van der Waals surface area (Å²) in [6, 6.07) is 4.74. The highest BCUT2D eigenvalue weighted by molar-refractivity contribution is 5.97. The molecule has 2 aromatic heterocycles. The van der Waals surface area contributed by atoms with Gasteiger partial charge in [0, 0.05) is 25.4 Å². The number of aromatic nitrogens is 4. The van der Waals surface area contributed by atoms with Crippen molar-refractivity contribution < 1.29 is 4.79 Å². The molecule has 3 N–H and O–H groups in total. The first-order chi connectivity index (χ1) is 11.5. The molecule has 0 saturated heterocycles. The van der Waals surface area contributed by atoms with Crippen LogP contribution in [0.25, 0.3) is 11.0 Å². The molecule has 1 aromatic carbocycles. The normalized spacial score (nSPS) is 10.9. The Bertz CT molecular complexity index is 999. The fourth-order valence-corrected chi connectivity index (χ4v) is 2.45. The van der Waals surface area contributed by atoms with Gasteiger partial charge in [-0.1, -0.05) is 0 Å². The van der Waals surface area contributed by atoms with Crippen molar-refractivity contribution in [2.24, 2.45) is 7.05 Å². The molecule has 0 fully saturated rings. The molecule has 0 aliphatic heterocycles. The number of H-pyrrole nitrogens is 2. The minimum atomic E-state index is -0.739. The Hall–Kier alpha value is -3.16. The van der Waals surface area contributed by atoms with E-state index in [0.29, 0.717) is 23.1 Å². The zero-order valence-electron chi connectivity index (χ0n) is 13.1. The zero-order valence-corrected chi connectivity index (χ0v) is 13.1. The average molecular weight is 327 g/mol. The Morgan fingerprint density at radius 2 is 1.96 bits per heavy atom. The van der Waals surface area contributed by atoms with Gasteiger partial charge in [-0.2, -0.15) is 5.10 Å². The molecule has 3 rings (SSSR count). The first-order valence-corrected chi connectivity index (χ1v) is 7.55. The maximum Gasteiger partial charge on any atom is 0.314 e. The number of aryl methyl sites for hydroxylation is 2. The van der Waals surface area contributed by atoms with Gasteiger partial charge in [0.05, 0.1) is 17.2 Å². The highest BCUT2D eigenvalue weighted by Crippen LogP contribution is 2.09. The van der Waals surface area contributed by atoms with Crippen molar-refractivity contribution in [2.75, 3.05) is 6.54 Å². The minimum absolute atomic E-state index is 0.227. The summed E-state index contributed by atoms with van der Waals surface area (Å²) < 4.78 is 1.74. The summed E-state index contributed by atoms with van der Waals surface area (Å²) in [6.07, 6.45) is 5.39. The molecule has 8 nitrogen and oxygen atoms in total. The van der Waals surface area contributed by atoms with Crippen molar-refractivity contribution in [1.82, 2.24) is 25.1 Å². The van der Waals surface area contributed by atoms with Crippen molar-refractivity contribution in [3.63, 3.8) is 0 Å². The molecule has 0 bridgehead atoms. The number of nitrogens with zero attached hydrogens (tertiary/aromatic N) is 2. The molecule has 0 radical (unpaired) electrons. The number of rotatable bonds is 5. The van der Waals surface area contributed by atoms with Gasteiger partial charge in [-0.05, 0) is 36.6 Å². The average Bonchev–Trinajstić information content (AvgIpc) is 2.97. The second-order valence-corrected chi connectivity index (χ2v) is 5.55. The van der Waals surface area contributed by atoms with Crippen molar-refractivity contribution in [3.8, 4) is 0 Å². The third kappa shape index (κ3) is 3.43. The first kappa shape index (κ1) is 15.7. The van der Waals surface area contributed by atoms with Crippen LogP contribution in [0.4, 0.5) is 0 Å². The van der Waals surface area contributed by atoms with Crippen molar-refractivity contribution in [1.29, 1.82) is 0 Å². The van der Waals surface area contributed by atoms with Crippen LogP contribution in [0.2, 0.25) is 0 Å². The van der Waals surface area contributed by atoms with Gasteiger partial charge in [-0.25, -0.2) is 0 Å². The van der Waals surface area contributed by atoms with Crippen molar-refractivity contribution in [2.45, 2.75) is 12.8 Å². The number of carbonyl (C=O) groups excluding carboxylic acids is 1. The van der Waals surface area contributed by atoms with Gasteiger partial charge in [0.2, 0.25) is 0 Å². The molecule has 2 heterocycles. The summed E-state index contributed by atoms with van der Waals surface area (Å²) in [6.45, 7) is 0.536. The van der Waals surface area contributed by atoms with Crippen LogP contribution in [-0.2, 0) is 13.5 Å². The predicted octanol–water partition coefficient (Wildman–Crippen LogP) is 0.312. The molecular weight excluding hydrogens is 310 g/mol. The molecule has 124 valence electrons. The van der Waals surface area contributed by atoms with E-state index in [9.17, 15) is 14.4 Å². The molecular formula is C16H17N5O3. The third-order valence-corrected chi connectivity index (χ3v) is 3.67. The summed E-state index contributed by atoms with van der Waals surface area (Å²) in [5.41, 5.74) is 0.993. The Morgan fingerprint density at radius 3 is 2.67 bits per heavy atom. The van der Waals surface area contributed by atoms with E-state index in [-0.39, 0.29) is 5.91 Å². The number of nitrogens with one attached hydrogen (secondary N) is 3. The Morgan fingerprint density at radius 1 is 1.21 bits per heavy atom. The van der Waals surface area contributed by atoms with E-state index in [4.69, 9.17) is 0 Å². The summed E-state index contributed by atoms with van der Waals surface area (Å²) in [4.78, 5) is 39.7. The number of hydrogen-bond acceptors (Lipinski definition) is 4. The third-order valence-electron chi connectivity index (χ3n) is 3.67. The largest absolute Gasteiger partial charge is 0.352 e. The lowest BCUT2D eigenvalue weighted by atomic mass is 10.1. The smallest absolute Gasteiger partial charge is 0.314 e. The van der Waals surface area contributed by atoms with Crippen LogP contribution in [0.1, 0.15) is 22.3 Å². The van der Waals surface area contributed by atoms with E-state index in [1.54, 1.807) is 22.9 Å². The van der Waals surface area contributed by atoms with E-state index in [1.807, 2.05) is 19.4 Å². The number of carbonyl (C=O) groups is 1. The Balaban J connectivity index is 1.62. The number of aromatic amines is 2. The molecule has 0 aliphatic rings. The molecule has 8 heteroatoms. The van der Waals surface area contributed by atoms with Crippen LogP contribution in [0.15, 0.2) is 40.2 Å². The van der Waals surface area contributed by atoms with Gasteiger partial charge >= 0.3 is 11.1 Å². The van der Waals surface area contributed by atoms with Gasteiger partial charge in [0.25, 0.3) is 5.91 Å². The second kappa shape index (κ2) is 6.53. The summed E-state index contributed by atoms with van der Waals surface area (Å²) in [5, 5.41) is 6.93. The molecule has 0 saturated carbocycles. The second-order valence-electron chi connectivity index (χ2n) is 5.55. The van der Waals surface area contributed by atoms with Crippen LogP contribution in [-0.4, -0.2) is 32.2 Å². The molecule has 3 aromatic rings. The monoisotopic (exact) mass is 327 g/mol. The Labute approximate surface area is 136 Å². The van der Waals surface area contributed by atoms with E-state index in [0.717, 1.165) is 18.4 Å². The quantitative estimate of drug-likeness (QED) is 0.462. The van der Waals surface area contributed by atoms with E-state index < -0.39 is 11.1 Å². The zero-order chi connectivity index (χ0) is 17.1. The number of fused-ring (bicyclic) bond motifs is 1. The van der Waals surface area contributed by atoms with Crippen molar-refractivity contribution >= 4 is 16.9 Å².